The van der Waals surface area contributed by atoms with E-state index in [4.69, 9.17) is 0 Å². The van der Waals surface area contributed by atoms with E-state index in [1.165, 1.54) is 0 Å². The van der Waals surface area contributed by atoms with Gasteiger partial charge in [-0.2, -0.15) is 4.98 Å². The molecule has 5 nitrogen and oxygen atoms in total. The zero-order valence-corrected chi connectivity index (χ0v) is 13.0. The molecule has 2 atom stereocenters. The molecule has 1 rings (SSSR count). The molecule has 0 aliphatic carbocycles. The molecular weight excluding hydrogens is 260 g/mol. The van der Waals surface area contributed by atoms with E-state index in [2.05, 4.69) is 27.5 Å². The molecule has 0 fully saturated rings. The van der Waals surface area contributed by atoms with Crippen LogP contribution < -0.4 is 10.6 Å². The van der Waals surface area contributed by atoms with Gasteiger partial charge in [-0.1, -0.05) is 13.8 Å². The van der Waals surface area contributed by atoms with Crippen LogP contribution in [0.2, 0.25) is 0 Å². The highest BCUT2D eigenvalue weighted by atomic mass is 32.2. The summed E-state index contributed by atoms with van der Waals surface area (Å²) in [6.45, 7) is 7.69. The highest BCUT2D eigenvalue weighted by Crippen LogP contribution is 2.10. The summed E-state index contributed by atoms with van der Waals surface area (Å²) in [6, 6.07) is 1.92. The SMILES string of the molecule is CCCNc1nc(C)cc(NCCC(C)S(C)=O)n1. The van der Waals surface area contributed by atoms with Crippen LogP contribution in [0, 0.1) is 6.92 Å². The van der Waals surface area contributed by atoms with Gasteiger partial charge in [-0.25, -0.2) is 4.98 Å². The molecule has 6 heteroatoms. The molecule has 0 aliphatic rings. The third-order valence-corrected chi connectivity index (χ3v) is 4.18. The highest BCUT2D eigenvalue weighted by molar-refractivity contribution is 7.84. The largest absolute Gasteiger partial charge is 0.370 e. The van der Waals surface area contributed by atoms with Crippen molar-refractivity contribution in [2.75, 3.05) is 30.0 Å². The van der Waals surface area contributed by atoms with E-state index in [0.29, 0.717) is 5.95 Å². The number of aromatic nitrogens is 2. The van der Waals surface area contributed by atoms with Gasteiger partial charge < -0.3 is 10.6 Å². The Kier molecular flexibility index (Phi) is 6.77. The van der Waals surface area contributed by atoms with Gasteiger partial charge in [-0.3, -0.25) is 4.21 Å². The molecule has 19 heavy (non-hydrogen) atoms. The first-order valence-corrected chi connectivity index (χ1v) is 8.30. The monoisotopic (exact) mass is 284 g/mol. The van der Waals surface area contributed by atoms with Gasteiger partial charge in [0.15, 0.2) is 0 Å². The minimum Gasteiger partial charge on any atom is -0.370 e. The molecule has 108 valence electrons. The Balaban J connectivity index is 2.53. The maximum Gasteiger partial charge on any atom is 0.224 e. The summed E-state index contributed by atoms with van der Waals surface area (Å²) < 4.78 is 11.3. The molecule has 0 spiro atoms. The van der Waals surface area contributed by atoms with Crippen LogP contribution in [-0.4, -0.2) is 38.8 Å². The first-order chi connectivity index (χ1) is 9.02. The maximum atomic E-state index is 11.3. The number of hydrogen-bond acceptors (Lipinski definition) is 5. The number of nitrogens with one attached hydrogen (secondary N) is 2. The predicted octanol–water partition coefficient (Wildman–Crippen LogP) is 2.18. The molecule has 1 aromatic heterocycles. The second-order valence-corrected chi connectivity index (χ2v) is 6.47. The van der Waals surface area contributed by atoms with Gasteiger partial charge >= 0.3 is 0 Å². The van der Waals surface area contributed by atoms with E-state index in [1.54, 1.807) is 6.26 Å². The van der Waals surface area contributed by atoms with Crippen molar-refractivity contribution in [2.45, 2.75) is 38.9 Å². The van der Waals surface area contributed by atoms with Crippen LogP contribution >= 0.6 is 0 Å². The molecule has 0 saturated heterocycles. The molecule has 0 amide bonds. The average molecular weight is 284 g/mol. The fourth-order valence-corrected chi connectivity index (χ4v) is 1.99. The van der Waals surface area contributed by atoms with Crippen molar-refractivity contribution in [2.24, 2.45) is 0 Å². The number of aryl methyl sites for hydroxylation is 1. The Hall–Kier alpha value is -1.17. The van der Waals surface area contributed by atoms with Gasteiger partial charge in [0.25, 0.3) is 0 Å². The van der Waals surface area contributed by atoms with E-state index in [0.717, 1.165) is 37.4 Å². The summed E-state index contributed by atoms with van der Waals surface area (Å²) in [5, 5.41) is 6.65. The molecule has 2 unspecified atom stereocenters. The lowest BCUT2D eigenvalue weighted by atomic mass is 10.3. The summed E-state index contributed by atoms with van der Waals surface area (Å²) in [5.41, 5.74) is 0.934. The Labute approximate surface area is 118 Å². The average Bonchev–Trinajstić information content (AvgIpc) is 2.35. The number of anilines is 2. The zero-order chi connectivity index (χ0) is 14.3. The van der Waals surface area contributed by atoms with Crippen LogP contribution in [0.5, 0.6) is 0 Å². The summed E-state index contributed by atoms with van der Waals surface area (Å²) in [6.07, 6.45) is 3.65. The lowest BCUT2D eigenvalue weighted by molar-refractivity contribution is 0.672. The molecule has 0 aliphatic heterocycles. The molecule has 2 N–H and O–H groups in total. The first kappa shape index (κ1) is 15.9. The quantitative estimate of drug-likeness (QED) is 0.766. The minimum atomic E-state index is -0.766. The Bertz CT molecular complexity index is 425. The third-order valence-electron chi connectivity index (χ3n) is 2.81. The van der Waals surface area contributed by atoms with Crippen LogP contribution in [-0.2, 0) is 10.8 Å². The van der Waals surface area contributed by atoms with Gasteiger partial charge in [-0.15, -0.1) is 0 Å². The molecule has 0 bridgehead atoms. The fourth-order valence-electron chi connectivity index (χ4n) is 1.54. The second kappa shape index (κ2) is 8.09. The van der Waals surface area contributed by atoms with Crippen molar-refractivity contribution < 1.29 is 4.21 Å². The van der Waals surface area contributed by atoms with Crippen LogP contribution in [0.25, 0.3) is 0 Å². The highest BCUT2D eigenvalue weighted by Gasteiger charge is 2.06. The van der Waals surface area contributed by atoms with Crippen molar-refractivity contribution in [1.29, 1.82) is 0 Å². The molecule has 0 saturated carbocycles. The van der Waals surface area contributed by atoms with Crippen LogP contribution in [0.1, 0.15) is 32.4 Å². The Morgan fingerprint density at radius 3 is 2.68 bits per heavy atom. The van der Waals surface area contributed by atoms with E-state index in [9.17, 15) is 4.21 Å². The number of hydrogen-bond donors (Lipinski definition) is 2. The second-order valence-electron chi connectivity index (χ2n) is 4.67. The first-order valence-electron chi connectivity index (χ1n) is 6.68. The molecule has 0 aromatic carbocycles. The van der Waals surface area contributed by atoms with Crippen molar-refractivity contribution >= 4 is 22.6 Å². The van der Waals surface area contributed by atoms with Gasteiger partial charge in [-0.05, 0) is 19.8 Å². The lowest BCUT2D eigenvalue weighted by Crippen LogP contribution is -2.16. The van der Waals surface area contributed by atoms with Gasteiger partial charge in [0.1, 0.15) is 5.82 Å². The van der Waals surface area contributed by atoms with Crippen molar-refractivity contribution in [3.05, 3.63) is 11.8 Å². The molecule has 1 aromatic rings. The summed E-state index contributed by atoms with van der Waals surface area (Å²) in [7, 11) is -0.766. The molecule has 0 radical (unpaired) electrons. The minimum absolute atomic E-state index is 0.202. The van der Waals surface area contributed by atoms with Gasteiger partial charge in [0.05, 0.1) is 0 Å². The van der Waals surface area contributed by atoms with Crippen LogP contribution in [0.15, 0.2) is 6.07 Å². The maximum absolute atomic E-state index is 11.3. The summed E-state index contributed by atoms with van der Waals surface area (Å²) in [4.78, 5) is 8.74. The van der Waals surface area contributed by atoms with Crippen molar-refractivity contribution in [1.82, 2.24) is 9.97 Å². The third kappa shape index (κ3) is 6.00. The normalized spacial score (nSPS) is 13.9. The zero-order valence-electron chi connectivity index (χ0n) is 12.2. The van der Waals surface area contributed by atoms with Crippen molar-refractivity contribution in [3.63, 3.8) is 0 Å². The number of rotatable bonds is 8. The number of nitrogens with zero attached hydrogens (tertiary/aromatic N) is 2. The lowest BCUT2D eigenvalue weighted by Gasteiger charge is -2.11. The molecule has 1 heterocycles. The Morgan fingerprint density at radius 1 is 1.32 bits per heavy atom. The Morgan fingerprint density at radius 2 is 2.05 bits per heavy atom. The van der Waals surface area contributed by atoms with Gasteiger partial charge in [0, 0.05) is 47.2 Å². The van der Waals surface area contributed by atoms with E-state index in [-0.39, 0.29) is 5.25 Å². The predicted molar refractivity (Wildman–Crippen MR) is 82.2 cm³/mol. The standard InChI is InChI=1S/C13H24N4OS/c1-5-7-15-13-16-10(2)9-12(17-13)14-8-6-11(3)19(4)18/h9,11H,5-8H2,1-4H3,(H2,14,15,16,17). The van der Waals surface area contributed by atoms with Crippen LogP contribution in [0.3, 0.4) is 0 Å². The van der Waals surface area contributed by atoms with Crippen LogP contribution in [0.4, 0.5) is 11.8 Å². The summed E-state index contributed by atoms with van der Waals surface area (Å²) in [5.74, 6) is 1.48. The fraction of sp³-hybridized carbons (Fsp3) is 0.692. The van der Waals surface area contributed by atoms with Crippen molar-refractivity contribution in [3.8, 4) is 0 Å². The van der Waals surface area contributed by atoms with Gasteiger partial charge in [0.2, 0.25) is 5.95 Å². The summed E-state index contributed by atoms with van der Waals surface area (Å²) >= 11 is 0. The van der Waals surface area contributed by atoms with E-state index in [1.807, 2.05) is 19.9 Å². The molecular formula is C13H24N4OS. The van der Waals surface area contributed by atoms with E-state index >= 15 is 0 Å². The van der Waals surface area contributed by atoms with E-state index < -0.39 is 10.8 Å². The smallest absolute Gasteiger partial charge is 0.224 e. The topological polar surface area (TPSA) is 66.9 Å².